The van der Waals surface area contributed by atoms with E-state index in [0.29, 0.717) is 18.0 Å². The Morgan fingerprint density at radius 3 is 2.55 bits per heavy atom. The van der Waals surface area contributed by atoms with Crippen molar-refractivity contribution in [2.75, 3.05) is 32.7 Å². The second-order valence-corrected chi connectivity index (χ2v) is 9.49. The lowest BCUT2D eigenvalue weighted by atomic mass is 10.0. The van der Waals surface area contributed by atoms with Crippen molar-refractivity contribution in [2.24, 2.45) is 5.92 Å². The summed E-state index contributed by atoms with van der Waals surface area (Å²) in [6.45, 7) is 10.8. The van der Waals surface area contributed by atoms with Gasteiger partial charge >= 0.3 is 0 Å². The van der Waals surface area contributed by atoms with Gasteiger partial charge in [-0.3, -0.25) is 14.7 Å². The molecule has 2 aliphatic rings. The predicted octanol–water partition coefficient (Wildman–Crippen LogP) is 4.19. The lowest BCUT2D eigenvalue weighted by Crippen LogP contribution is -2.43. The second-order valence-electron chi connectivity index (χ2n) is 9.49. The van der Waals surface area contributed by atoms with Crippen LogP contribution >= 0.6 is 0 Å². The van der Waals surface area contributed by atoms with Crippen LogP contribution in [-0.4, -0.2) is 59.5 Å². The molecular weight excluding hydrogens is 384 g/mol. The molecule has 0 aliphatic carbocycles. The summed E-state index contributed by atoms with van der Waals surface area (Å²) >= 11 is 0. The molecule has 2 aliphatic heterocycles. The average Bonchev–Trinajstić information content (AvgIpc) is 3.33. The first-order valence-electron chi connectivity index (χ1n) is 11.9. The highest BCUT2D eigenvalue weighted by molar-refractivity contribution is 5.94. The molecule has 1 amide bonds. The molecule has 4 rings (SSSR count). The Balaban J connectivity index is 1.33. The van der Waals surface area contributed by atoms with Gasteiger partial charge in [-0.05, 0) is 81.5 Å². The molecule has 2 saturated heterocycles. The number of benzene rings is 1. The summed E-state index contributed by atoms with van der Waals surface area (Å²) in [4.78, 5) is 22.1. The van der Waals surface area contributed by atoms with Gasteiger partial charge in [0.25, 0.3) is 5.91 Å². The van der Waals surface area contributed by atoms with Crippen LogP contribution in [0.15, 0.2) is 42.6 Å². The van der Waals surface area contributed by atoms with Gasteiger partial charge in [0, 0.05) is 30.9 Å². The molecule has 31 heavy (non-hydrogen) atoms. The fraction of sp³-hybridized carbons (Fsp3) is 0.538. The van der Waals surface area contributed by atoms with Crippen molar-refractivity contribution >= 4 is 5.91 Å². The van der Waals surface area contributed by atoms with Gasteiger partial charge in [0.1, 0.15) is 0 Å². The molecule has 2 fully saturated rings. The molecule has 0 saturated carbocycles. The van der Waals surface area contributed by atoms with Crippen LogP contribution in [0.5, 0.6) is 0 Å². The van der Waals surface area contributed by atoms with Gasteiger partial charge < -0.3 is 10.2 Å². The highest BCUT2D eigenvalue weighted by atomic mass is 16.1. The molecule has 0 radical (unpaired) electrons. The lowest BCUT2D eigenvalue weighted by molar-refractivity contribution is 0.0948. The monoisotopic (exact) mass is 420 g/mol. The maximum Gasteiger partial charge on any atom is 0.252 e. The third-order valence-electron chi connectivity index (χ3n) is 6.54. The van der Waals surface area contributed by atoms with Crippen molar-refractivity contribution in [3.63, 3.8) is 0 Å². The molecule has 5 nitrogen and oxygen atoms in total. The Bertz CT molecular complexity index is 850. The van der Waals surface area contributed by atoms with Crippen LogP contribution in [-0.2, 0) is 6.54 Å². The summed E-state index contributed by atoms with van der Waals surface area (Å²) < 4.78 is 0. The number of carbonyl (C=O) groups excluding carboxylic acids is 1. The SMILES string of the molecule is CC(C)CNC(=O)c1ccc(-c2cccc(CN3CCC(N4CCCC4)CC3)c2)nc1. The second kappa shape index (κ2) is 10.4. The topological polar surface area (TPSA) is 48.5 Å². The molecule has 1 aromatic carbocycles. The van der Waals surface area contributed by atoms with E-state index >= 15 is 0 Å². The number of amides is 1. The fourth-order valence-corrected chi connectivity index (χ4v) is 4.73. The maximum atomic E-state index is 12.2. The van der Waals surface area contributed by atoms with Gasteiger partial charge in [-0.15, -0.1) is 0 Å². The van der Waals surface area contributed by atoms with Crippen LogP contribution in [0.4, 0.5) is 0 Å². The van der Waals surface area contributed by atoms with Gasteiger partial charge in [0.2, 0.25) is 0 Å². The molecule has 0 atom stereocenters. The van der Waals surface area contributed by atoms with E-state index in [1.807, 2.05) is 12.1 Å². The smallest absolute Gasteiger partial charge is 0.252 e. The molecule has 166 valence electrons. The molecule has 0 bridgehead atoms. The number of pyridine rings is 1. The number of hydrogen-bond donors (Lipinski definition) is 1. The molecule has 0 unspecified atom stereocenters. The van der Waals surface area contributed by atoms with E-state index in [9.17, 15) is 4.79 Å². The molecule has 1 aromatic heterocycles. The highest BCUT2D eigenvalue weighted by Crippen LogP contribution is 2.24. The Hall–Kier alpha value is -2.24. The van der Waals surface area contributed by atoms with Gasteiger partial charge in [0.05, 0.1) is 11.3 Å². The number of likely N-dealkylation sites (tertiary alicyclic amines) is 2. The summed E-state index contributed by atoms with van der Waals surface area (Å²) in [5, 5.41) is 2.95. The van der Waals surface area contributed by atoms with Gasteiger partial charge in [0.15, 0.2) is 0 Å². The van der Waals surface area contributed by atoms with E-state index in [2.05, 4.69) is 58.2 Å². The molecule has 3 heterocycles. The van der Waals surface area contributed by atoms with Crippen molar-refractivity contribution in [1.82, 2.24) is 20.1 Å². The number of carbonyl (C=O) groups is 1. The number of rotatable bonds is 7. The molecule has 1 N–H and O–H groups in total. The first-order valence-corrected chi connectivity index (χ1v) is 11.9. The molecular formula is C26H36N4O. The van der Waals surface area contributed by atoms with Crippen LogP contribution in [0.25, 0.3) is 11.3 Å². The predicted molar refractivity (Wildman–Crippen MR) is 126 cm³/mol. The number of hydrogen-bond acceptors (Lipinski definition) is 4. The normalized spacial score (nSPS) is 18.5. The van der Waals surface area contributed by atoms with Gasteiger partial charge in [-0.2, -0.15) is 0 Å². The highest BCUT2D eigenvalue weighted by Gasteiger charge is 2.26. The molecule has 5 heteroatoms. The van der Waals surface area contributed by atoms with Gasteiger partial charge in [-0.25, -0.2) is 0 Å². The summed E-state index contributed by atoms with van der Waals surface area (Å²) in [6, 6.07) is 13.3. The summed E-state index contributed by atoms with van der Waals surface area (Å²) in [7, 11) is 0. The Labute approximate surface area is 186 Å². The number of piperidine rings is 1. The van der Waals surface area contributed by atoms with Crippen LogP contribution in [0.2, 0.25) is 0 Å². The number of nitrogens with zero attached hydrogens (tertiary/aromatic N) is 3. The van der Waals surface area contributed by atoms with E-state index in [1.54, 1.807) is 6.20 Å². The first kappa shape index (κ1) is 22.0. The van der Waals surface area contributed by atoms with Crippen molar-refractivity contribution in [3.05, 3.63) is 53.7 Å². The number of aromatic nitrogens is 1. The third kappa shape index (κ3) is 5.92. The largest absolute Gasteiger partial charge is 0.352 e. The summed E-state index contributed by atoms with van der Waals surface area (Å²) in [5.41, 5.74) is 3.97. The van der Waals surface area contributed by atoms with Crippen LogP contribution in [0, 0.1) is 5.92 Å². The quantitative estimate of drug-likeness (QED) is 0.730. The average molecular weight is 421 g/mol. The van der Waals surface area contributed by atoms with Crippen LogP contribution in [0.3, 0.4) is 0 Å². The fourth-order valence-electron chi connectivity index (χ4n) is 4.73. The maximum absolute atomic E-state index is 12.2. The van der Waals surface area contributed by atoms with E-state index in [4.69, 9.17) is 0 Å². The van der Waals surface area contributed by atoms with Crippen LogP contribution in [0.1, 0.15) is 55.5 Å². The van der Waals surface area contributed by atoms with Crippen molar-refractivity contribution in [2.45, 2.75) is 52.1 Å². The van der Waals surface area contributed by atoms with Gasteiger partial charge in [-0.1, -0.05) is 32.0 Å². The van der Waals surface area contributed by atoms with Crippen molar-refractivity contribution < 1.29 is 4.79 Å². The summed E-state index contributed by atoms with van der Waals surface area (Å²) in [6.07, 6.45) is 7.03. The Kier molecular flexibility index (Phi) is 7.36. The van der Waals surface area contributed by atoms with E-state index < -0.39 is 0 Å². The minimum Gasteiger partial charge on any atom is -0.352 e. The Morgan fingerprint density at radius 2 is 1.87 bits per heavy atom. The summed E-state index contributed by atoms with van der Waals surface area (Å²) in [5.74, 6) is 0.378. The van der Waals surface area contributed by atoms with E-state index in [-0.39, 0.29) is 5.91 Å². The number of nitrogens with one attached hydrogen (secondary N) is 1. The first-order chi connectivity index (χ1) is 15.1. The van der Waals surface area contributed by atoms with E-state index in [1.165, 1.54) is 57.4 Å². The Morgan fingerprint density at radius 1 is 1.10 bits per heavy atom. The lowest BCUT2D eigenvalue weighted by Gasteiger charge is -2.36. The van der Waals surface area contributed by atoms with Crippen molar-refractivity contribution in [3.8, 4) is 11.3 Å². The van der Waals surface area contributed by atoms with Crippen molar-refractivity contribution in [1.29, 1.82) is 0 Å². The zero-order valence-corrected chi connectivity index (χ0v) is 19.0. The van der Waals surface area contributed by atoms with Crippen LogP contribution < -0.4 is 5.32 Å². The minimum absolute atomic E-state index is 0.0566. The standard InChI is InChI=1S/C26H36N4O/c1-20(2)17-28-26(31)23-8-9-25(27-18-23)22-7-5-6-21(16-22)19-29-14-10-24(11-15-29)30-12-3-4-13-30/h5-9,16,18,20,24H,3-4,10-15,17,19H2,1-2H3,(H,28,31). The zero-order valence-electron chi connectivity index (χ0n) is 19.0. The zero-order chi connectivity index (χ0) is 21.6. The minimum atomic E-state index is -0.0566. The molecule has 0 spiro atoms. The van der Waals surface area contributed by atoms with E-state index in [0.717, 1.165) is 23.8 Å². The molecule has 2 aromatic rings. The third-order valence-corrected chi connectivity index (χ3v) is 6.54.